The number of rotatable bonds is 6. The molecule has 1 aromatic carbocycles. The highest BCUT2D eigenvalue weighted by atomic mass is 35.5. The zero-order valence-corrected chi connectivity index (χ0v) is 15.5. The van der Waals surface area contributed by atoms with Crippen LogP contribution < -0.4 is 5.32 Å². The first-order valence-electron chi connectivity index (χ1n) is 8.79. The molecule has 25 heavy (non-hydrogen) atoms. The van der Waals surface area contributed by atoms with Crippen molar-refractivity contribution in [3.8, 4) is 0 Å². The van der Waals surface area contributed by atoms with E-state index in [0.29, 0.717) is 0 Å². The molecule has 1 fully saturated rings. The number of ether oxygens (including phenoxy) is 1. The first-order chi connectivity index (χ1) is 11.9. The Balaban J connectivity index is 2.17. The fraction of sp³-hybridized carbons (Fsp3) is 0.579. The molecule has 0 saturated heterocycles. The lowest BCUT2D eigenvalue weighted by Gasteiger charge is -2.38. The lowest BCUT2D eigenvalue weighted by atomic mass is 9.75. The molecule has 0 radical (unpaired) electrons. The predicted octanol–water partition coefficient (Wildman–Crippen LogP) is 4.04. The van der Waals surface area contributed by atoms with E-state index < -0.39 is 23.2 Å². The Labute approximate surface area is 153 Å². The summed E-state index contributed by atoms with van der Waals surface area (Å²) >= 11 is 5.99. The van der Waals surface area contributed by atoms with Crippen LogP contribution in [0.25, 0.3) is 0 Å². The molecule has 1 aliphatic carbocycles. The van der Waals surface area contributed by atoms with Crippen molar-refractivity contribution in [1.82, 2.24) is 5.32 Å². The summed E-state index contributed by atoms with van der Waals surface area (Å²) in [4.78, 5) is 25.1. The van der Waals surface area contributed by atoms with E-state index in [4.69, 9.17) is 16.3 Å². The highest BCUT2D eigenvalue weighted by Crippen LogP contribution is 2.34. The van der Waals surface area contributed by atoms with Gasteiger partial charge in [0.25, 0.3) is 0 Å². The van der Waals surface area contributed by atoms with Crippen molar-refractivity contribution >= 4 is 23.5 Å². The number of carbonyl (C=O) groups excluding carboxylic acids is 2. The third-order valence-electron chi connectivity index (χ3n) is 4.92. The van der Waals surface area contributed by atoms with E-state index in [0.717, 1.165) is 32.1 Å². The van der Waals surface area contributed by atoms with E-state index >= 15 is 0 Å². The monoisotopic (exact) mass is 369 g/mol. The maximum Gasteiger partial charge on any atom is 0.331 e. The van der Waals surface area contributed by atoms with Crippen LogP contribution in [0.15, 0.2) is 18.2 Å². The van der Waals surface area contributed by atoms with Gasteiger partial charge >= 0.3 is 5.97 Å². The maximum absolute atomic E-state index is 13.9. The van der Waals surface area contributed by atoms with Gasteiger partial charge in [-0.1, -0.05) is 36.9 Å². The minimum atomic E-state index is -1.11. The maximum atomic E-state index is 13.9. The topological polar surface area (TPSA) is 55.4 Å². The van der Waals surface area contributed by atoms with Gasteiger partial charge in [-0.3, -0.25) is 4.79 Å². The molecule has 2 rings (SSSR count). The summed E-state index contributed by atoms with van der Waals surface area (Å²) in [5.41, 5.74) is -0.970. The molecule has 0 spiro atoms. The lowest BCUT2D eigenvalue weighted by molar-refractivity contribution is -0.156. The molecule has 0 bridgehead atoms. The molecule has 1 saturated carbocycles. The van der Waals surface area contributed by atoms with Crippen molar-refractivity contribution in [3.63, 3.8) is 0 Å². The van der Waals surface area contributed by atoms with Gasteiger partial charge in [0, 0.05) is 10.6 Å². The largest absolute Gasteiger partial charge is 0.464 e. The van der Waals surface area contributed by atoms with Gasteiger partial charge in [-0.15, -0.1) is 0 Å². The number of esters is 1. The van der Waals surface area contributed by atoms with Crippen molar-refractivity contribution in [1.29, 1.82) is 0 Å². The van der Waals surface area contributed by atoms with Gasteiger partial charge in [0.15, 0.2) is 0 Å². The minimum Gasteiger partial charge on any atom is -0.464 e. The summed E-state index contributed by atoms with van der Waals surface area (Å²) in [5, 5.41) is 3.01. The fourth-order valence-electron chi connectivity index (χ4n) is 3.48. The summed E-state index contributed by atoms with van der Waals surface area (Å²) in [6.07, 6.45) is 4.68. The van der Waals surface area contributed by atoms with Crippen LogP contribution >= 0.6 is 11.6 Å². The van der Waals surface area contributed by atoms with Gasteiger partial charge in [0.05, 0.1) is 13.0 Å². The molecule has 0 aliphatic heterocycles. The second kappa shape index (κ2) is 8.65. The van der Waals surface area contributed by atoms with E-state index in [1.165, 1.54) is 12.1 Å². The van der Waals surface area contributed by atoms with Gasteiger partial charge in [0.1, 0.15) is 11.4 Å². The van der Waals surface area contributed by atoms with E-state index in [2.05, 4.69) is 5.32 Å². The van der Waals surface area contributed by atoms with Crippen LogP contribution in [0.5, 0.6) is 0 Å². The van der Waals surface area contributed by atoms with Crippen LogP contribution in [0.2, 0.25) is 5.02 Å². The smallest absolute Gasteiger partial charge is 0.331 e. The summed E-state index contributed by atoms with van der Waals surface area (Å²) in [7, 11) is 0. The number of halogens is 2. The van der Waals surface area contributed by atoms with Gasteiger partial charge in [-0.25, -0.2) is 9.18 Å². The quantitative estimate of drug-likeness (QED) is 0.770. The molecule has 0 heterocycles. The number of hydrogen-bond acceptors (Lipinski definition) is 3. The van der Waals surface area contributed by atoms with E-state index in [-0.39, 0.29) is 29.5 Å². The predicted molar refractivity (Wildman–Crippen MR) is 94.9 cm³/mol. The summed E-state index contributed by atoms with van der Waals surface area (Å²) in [6.45, 7) is 3.69. The summed E-state index contributed by atoms with van der Waals surface area (Å²) < 4.78 is 19.1. The fourth-order valence-corrected chi connectivity index (χ4v) is 3.71. The third-order valence-corrected chi connectivity index (χ3v) is 5.27. The Bertz CT molecular complexity index is 611. The Morgan fingerprint density at radius 3 is 2.60 bits per heavy atom. The molecular weight excluding hydrogens is 345 g/mol. The van der Waals surface area contributed by atoms with Crippen molar-refractivity contribution in [2.45, 2.75) is 57.9 Å². The van der Waals surface area contributed by atoms with Crippen LogP contribution in [0.3, 0.4) is 0 Å². The van der Waals surface area contributed by atoms with Crippen LogP contribution in [0.1, 0.15) is 51.5 Å². The standard InChI is InChI=1S/C19H25ClFNO3/c1-3-25-18(24)19(2,13-8-5-4-6-9-13)22-17(23)12-14-15(20)10-7-11-16(14)21/h7,10-11,13H,3-6,8-9,12H2,1-2H3,(H,22,23). The highest BCUT2D eigenvalue weighted by molar-refractivity contribution is 6.31. The second-order valence-corrected chi connectivity index (χ2v) is 7.09. The number of carbonyl (C=O) groups is 2. The zero-order valence-electron chi connectivity index (χ0n) is 14.7. The van der Waals surface area contributed by atoms with Crippen LogP contribution in [0, 0.1) is 11.7 Å². The normalized spacial score (nSPS) is 17.6. The Morgan fingerprint density at radius 1 is 1.32 bits per heavy atom. The Kier molecular flexibility index (Phi) is 6.82. The Hall–Kier alpha value is -1.62. The first-order valence-corrected chi connectivity index (χ1v) is 9.17. The van der Waals surface area contributed by atoms with E-state index in [1.807, 2.05) is 0 Å². The molecule has 1 atom stereocenters. The Morgan fingerprint density at radius 2 is 2.00 bits per heavy atom. The second-order valence-electron chi connectivity index (χ2n) is 6.68. The van der Waals surface area contributed by atoms with Gasteiger partial charge in [-0.2, -0.15) is 0 Å². The van der Waals surface area contributed by atoms with Gasteiger partial charge in [0.2, 0.25) is 5.91 Å². The van der Waals surface area contributed by atoms with Crippen molar-refractivity contribution in [3.05, 3.63) is 34.6 Å². The molecule has 138 valence electrons. The molecule has 6 heteroatoms. The molecule has 1 unspecified atom stereocenters. The number of hydrogen-bond donors (Lipinski definition) is 1. The average molecular weight is 370 g/mol. The molecule has 1 aromatic rings. The van der Waals surface area contributed by atoms with E-state index in [1.54, 1.807) is 19.9 Å². The zero-order chi connectivity index (χ0) is 18.4. The number of nitrogens with one attached hydrogen (secondary N) is 1. The van der Waals surface area contributed by atoms with Crippen molar-refractivity contribution in [2.75, 3.05) is 6.61 Å². The molecule has 1 aliphatic rings. The first kappa shape index (κ1) is 19.7. The number of benzene rings is 1. The molecule has 4 nitrogen and oxygen atoms in total. The third kappa shape index (κ3) is 4.72. The SMILES string of the molecule is CCOC(=O)C(C)(NC(=O)Cc1c(F)cccc1Cl)C1CCCCC1. The number of amides is 1. The van der Waals surface area contributed by atoms with Crippen molar-refractivity contribution < 1.29 is 18.7 Å². The summed E-state index contributed by atoms with van der Waals surface area (Å²) in [5.74, 6) is -1.39. The molecule has 1 N–H and O–H groups in total. The molecule has 0 aromatic heterocycles. The lowest BCUT2D eigenvalue weighted by Crippen LogP contribution is -2.58. The average Bonchev–Trinajstić information content (AvgIpc) is 2.59. The molecule has 1 amide bonds. The summed E-state index contributed by atoms with van der Waals surface area (Å²) in [6, 6.07) is 4.29. The van der Waals surface area contributed by atoms with Crippen LogP contribution in [-0.4, -0.2) is 24.0 Å². The molecular formula is C19H25ClFNO3. The van der Waals surface area contributed by atoms with Crippen molar-refractivity contribution in [2.24, 2.45) is 5.92 Å². The van der Waals surface area contributed by atoms with Gasteiger partial charge in [-0.05, 0) is 44.7 Å². The highest BCUT2D eigenvalue weighted by Gasteiger charge is 2.44. The van der Waals surface area contributed by atoms with Gasteiger partial charge < -0.3 is 10.1 Å². The van der Waals surface area contributed by atoms with Crippen LogP contribution in [-0.2, 0) is 20.7 Å². The van der Waals surface area contributed by atoms with Crippen LogP contribution in [0.4, 0.5) is 4.39 Å². The minimum absolute atomic E-state index is 0.0142. The van der Waals surface area contributed by atoms with E-state index in [9.17, 15) is 14.0 Å².